The molecule has 0 amide bonds. The first-order chi connectivity index (χ1) is 17.4. The summed E-state index contributed by atoms with van der Waals surface area (Å²) in [7, 11) is 0. The first kappa shape index (κ1) is 24.1. The van der Waals surface area contributed by atoms with E-state index in [1.54, 1.807) is 6.20 Å². The van der Waals surface area contributed by atoms with E-state index in [-0.39, 0.29) is 11.9 Å². The van der Waals surface area contributed by atoms with Crippen LogP contribution in [0.5, 0.6) is 5.75 Å². The van der Waals surface area contributed by atoms with Crippen molar-refractivity contribution >= 4 is 16.9 Å². The van der Waals surface area contributed by atoms with Crippen molar-refractivity contribution in [1.29, 1.82) is 0 Å². The quantitative estimate of drug-likeness (QED) is 0.343. The number of fused-ring (bicyclic) bond motifs is 1. The van der Waals surface area contributed by atoms with Crippen LogP contribution in [0.25, 0.3) is 22.3 Å². The van der Waals surface area contributed by atoms with Gasteiger partial charge in [0, 0.05) is 56.0 Å². The lowest BCUT2D eigenvalue weighted by atomic mass is 10.1. The predicted molar refractivity (Wildman–Crippen MR) is 135 cm³/mol. The van der Waals surface area contributed by atoms with Crippen molar-refractivity contribution in [3.8, 4) is 17.0 Å². The van der Waals surface area contributed by atoms with E-state index in [9.17, 15) is 8.78 Å². The first-order valence-corrected chi connectivity index (χ1v) is 12.5. The molecular weight excluding hydrogens is 462 g/mol. The molecule has 0 unspecified atom stereocenters. The lowest BCUT2D eigenvalue weighted by Gasteiger charge is -2.33. The molecule has 188 valence electrons. The molecular formula is C27H30F2N6O. The number of hydrogen-bond donors (Lipinski definition) is 0. The lowest BCUT2D eigenvalue weighted by molar-refractivity contribution is 0.163. The summed E-state index contributed by atoms with van der Waals surface area (Å²) in [5.41, 5.74) is 4.26. The third-order valence-corrected chi connectivity index (χ3v) is 6.37. The monoisotopic (exact) mass is 492 g/mol. The van der Waals surface area contributed by atoms with E-state index in [1.807, 2.05) is 30.1 Å². The fourth-order valence-corrected chi connectivity index (χ4v) is 4.53. The molecule has 1 aliphatic rings. The van der Waals surface area contributed by atoms with Crippen LogP contribution in [0.4, 0.5) is 14.6 Å². The Balaban J connectivity index is 1.42. The minimum atomic E-state index is -0.683. The summed E-state index contributed by atoms with van der Waals surface area (Å²) in [6, 6.07) is 5.42. The van der Waals surface area contributed by atoms with Crippen LogP contribution in [-0.4, -0.2) is 43.9 Å². The summed E-state index contributed by atoms with van der Waals surface area (Å²) in [5.74, 6) is 0.0577. The smallest absolute Gasteiger partial charge is 0.167 e. The Bertz CT molecular complexity index is 1360. The average Bonchev–Trinajstić information content (AvgIpc) is 3.34. The van der Waals surface area contributed by atoms with E-state index in [1.165, 1.54) is 12.1 Å². The fraction of sp³-hybridized carbons (Fsp3) is 0.407. The number of aryl methyl sites for hydroxylation is 1. The maximum atomic E-state index is 14.1. The van der Waals surface area contributed by atoms with Gasteiger partial charge in [-0.25, -0.2) is 18.7 Å². The number of hydrogen-bond acceptors (Lipinski definition) is 6. The molecule has 0 saturated carbocycles. The summed E-state index contributed by atoms with van der Waals surface area (Å²) < 4.78 is 35.0. The summed E-state index contributed by atoms with van der Waals surface area (Å²) >= 11 is 0. The molecule has 7 nitrogen and oxygen atoms in total. The molecule has 4 heterocycles. The van der Waals surface area contributed by atoms with Crippen molar-refractivity contribution in [2.24, 2.45) is 5.92 Å². The van der Waals surface area contributed by atoms with Gasteiger partial charge in [-0.15, -0.1) is 0 Å². The summed E-state index contributed by atoms with van der Waals surface area (Å²) in [4.78, 5) is 16.8. The first-order valence-electron chi connectivity index (χ1n) is 12.5. The van der Waals surface area contributed by atoms with E-state index in [0.29, 0.717) is 31.8 Å². The van der Waals surface area contributed by atoms with Gasteiger partial charge in [0.1, 0.15) is 23.1 Å². The molecule has 5 rings (SSSR count). The van der Waals surface area contributed by atoms with Crippen LogP contribution in [0, 0.1) is 17.6 Å². The number of nitrogens with zero attached hydrogens (tertiary/aromatic N) is 6. The van der Waals surface area contributed by atoms with Gasteiger partial charge in [0.15, 0.2) is 17.4 Å². The SMILES string of the molecule is CCn1cc(-c2nc3cc(CC(C)C)ncc3nc2N2CCC(Oc3ccc(F)cc3F)CC2)cn1. The summed E-state index contributed by atoms with van der Waals surface area (Å²) in [5, 5.41) is 4.44. The normalized spacial score (nSPS) is 14.7. The molecule has 1 aromatic carbocycles. The molecule has 36 heavy (non-hydrogen) atoms. The van der Waals surface area contributed by atoms with Gasteiger partial charge in [0.05, 0.1) is 17.9 Å². The van der Waals surface area contributed by atoms with Gasteiger partial charge >= 0.3 is 0 Å². The minimum absolute atomic E-state index is 0.0799. The minimum Gasteiger partial charge on any atom is -0.487 e. The van der Waals surface area contributed by atoms with Crippen LogP contribution < -0.4 is 9.64 Å². The van der Waals surface area contributed by atoms with E-state index in [0.717, 1.165) is 52.8 Å². The second-order valence-corrected chi connectivity index (χ2v) is 9.62. The van der Waals surface area contributed by atoms with E-state index in [4.69, 9.17) is 14.7 Å². The third-order valence-electron chi connectivity index (χ3n) is 6.37. The molecule has 3 aromatic heterocycles. The van der Waals surface area contributed by atoms with Crippen LogP contribution in [0.15, 0.2) is 42.9 Å². The summed E-state index contributed by atoms with van der Waals surface area (Å²) in [6.07, 6.45) is 7.68. The molecule has 0 bridgehead atoms. The Morgan fingerprint density at radius 2 is 1.86 bits per heavy atom. The second-order valence-electron chi connectivity index (χ2n) is 9.62. The maximum absolute atomic E-state index is 14.1. The number of anilines is 1. The Morgan fingerprint density at radius 3 is 2.56 bits per heavy atom. The van der Waals surface area contributed by atoms with Gasteiger partial charge in [0.2, 0.25) is 0 Å². The lowest BCUT2D eigenvalue weighted by Crippen LogP contribution is -2.39. The highest BCUT2D eigenvalue weighted by Gasteiger charge is 2.26. The number of ether oxygens (including phenoxy) is 1. The molecule has 0 spiro atoms. The van der Waals surface area contributed by atoms with Crippen molar-refractivity contribution in [2.45, 2.75) is 52.7 Å². The Labute approximate surface area is 209 Å². The molecule has 9 heteroatoms. The Kier molecular flexibility index (Phi) is 6.80. The molecule has 1 saturated heterocycles. The van der Waals surface area contributed by atoms with Crippen molar-refractivity contribution in [2.75, 3.05) is 18.0 Å². The Morgan fingerprint density at radius 1 is 1.06 bits per heavy atom. The van der Waals surface area contributed by atoms with Gasteiger partial charge < -0.3 is 9.64 Å². The molecule has 0 aliphatic carbocycles. The highest BCUT2D eigenvalue weighted by Crippen LogP contribution is 2.32. The highest BCUT2D eigenvalue weighted by molar-refractivity contribution is 5.83. The van der Waals surface area contributed by atoms with Crippen LogP contribution in [-0.2, 0) is 13.0 Å². The molecule has 1 fully saturated rings. The number of piperidine rings is 1. The largest absolute Gasteiger partial charge is 0.487 e. The topological polar surface area (TPSA) is 69.0 Å². The van der Waals surface area contributed by atoms with Crippen molar-refractivity contribution in [1.82, 2.24) is 24.7 Å². The van der Waals surface area contributed by atoms with Gasteiger partial charge in [0.25, 0.3) is 0 Å². The molecule has 0 radical (unpaired) electrons. The van der Waals surface area contributed by atoms with Crippen molar-refractivity contribution in [3.63, 3.8) is 0 Å². The standard InChI is InChI=1S/C27H30F2N6O/c1-4-35-16-18(14-31-35)26-27(33-24-15-30-20(11-17(2)3)13-23(24)32-26)34-9-7-21(8-10-34)36-25-6-5-19(28)12-22(25)29/h5-6,12-17,21H,4,7-11H2,1-3H3. The van der Waals surface area contributed by atoms with Gasteiger partial charge in [-0.3, -0.25) is 9.67 Å². The zero-order valence-electron chi connectivity index (χ0n) is 20.8. The zero-order chi connectivity index (χ0) is 25.2. The molecule has 1 aliphatic heterocycles. The van der Waals surface area contributed by atoms with Crippen molar-refractivity contribution in [3.05, 3.63) is 60.2 Å². The van der Waals surface area contributed by atoms with E-state index >= 15 is 0 Å². The van der Waals surface area contributed by atoms with E-state index < -0.39 is 11.6 Å². The predicted octanol–water partition coefficient (Wildman–Crippen LogP) is 5.43. The molecule has 4 aromatic rings. The number of benzene rings is 1. The van der Waals surface area contributed by atoms with Gasteiger partial charge in [-0.2, -0.15) is 5.10 Å². The van der Waals surface area contributed by atoms with Gasteiger partial charge in [-0.05, 0) is 37.5 Å². The maximum Gasteiger partial charge on any atom is 0.167 e. The van der Waals surface area contributed by atoms with Crippen molar-refractivity contribution < 1.29 is 13.5 Å². The van der Waals surface area contributed by atoms with Crippen LogP contribution in [0.2, 0.25) is 0 Å². The second kappa shape index (κ2) is 10.2. The zero-order valence-corrected chi connectivity index (χ0v) is 20.8. The van der Waals surface area contributed by atoms with Gasteiger partial charge in [-0.1, -0.05) is 13.8 Å². The number of aromatic nitrogens is 5. The average molecular weight is 493 g/mol. The summed E-state index contributed by atoms with van der Waals surface area (Å²) in [6.45, 7) is 8.48. The van der Waals surface area contributed by atoms with Crippen LogP contribution in [0.3, 0.4) is 0 Å². The third kappa shape index (κ3) is 5.15. The Hall–Kier alpha value is -3.62. The van der Waals surface area contributed by atoms with E-state index in [2.05, 4.69) is 28.8 Å². The molecule has 0 N–H and O–H groups in total. The van der Waals surface area contributed by atoms with Crippen LogP contribution >= 0.6 is 0 Å². The number of halogens is 2. The number of rotatable bonds is 7. The fourth-order valence-electron chi connectivity index (χ4n) is 4.53. The number of pyridine rings is 1. The van der Waals surface area contributed by atoms with Crippen LogP contribution in [0.1, 0.15) is 39.3 Å². The highest BCUT2D eigenvalue weighted by atomic mass is 19.1. The molecule has 0 atom stereocenters.